The molecule has 1 saturated carbocycles. The van der Waals surface area contributed by atoms with E-state index in [0.717, 1.165) is 32.7 Å². The van der Waals surface area contributed by atoms with Gasteiger partial charge in [-0.2, -0.15) is 0 Å². The molecule has 0 unspecified atom stereocenters. The molecule has 1 aliphatic carbocycles. The Kier molecular flexibility index (Phi) is 5.40. The Labute approximate surface area is 168 Å². The van der Waals surface area contributed by atoms with Crippen molar-refractivity contribution < 1.29 is 4.79 Å². The van der Waals surface area contributed by atoms with Gasteiger partial charge in [-0.05, 0) is 49.4 Å². The fraction of sp³-hybridized carbons (Fsp3) is 0.458. The zero-order valence-electron chi connectivity index (χ0n) is 17.1. The number of hydrogen-bond donors (Lipinski definition) is 1. The lowest BCUT2D eigenvalue weighted by Gasteiger charge is -2.36. The number of hydrogen-bond acceptors (Lipinski definition) is 3. The van der Waals surface area contributed by atoms with Crippen molar-refractivity contribution in [1.82, 2.24) is 10.2 Å². The van der Waals surface area contributed by atoms with Crippen LogP contribution in [0.4, 0.5) is 5.69 Å². The second-order valence-corrected chi connectivity index (χ2v) is 8.41. The molecule has 0 atom stereocenters. The van der Waals surface area contributed by atoms with Gasteiger partial charge in [0.1, 0.15) is 0 Å². The first-order valence-corrected chi connectivity index (χ1v) is 10.4. The second kappa shape index (κ2) is 7.96. The van der Waals surface area contributed by atoms with Crippen molar-refractivity contribution in [3.05, 3.63) is 65.2 Å². The number of aryl methyl sites for hydroxylation is 1. The molecular weight excluding hydrogens is 346 g/mol. The normalized spacial score (nSPS) is 18.7. The first kappa shape index (κ1) is 19.0. The predicted octanol–water partition coefficient (Wildman–Crippen LogP) is 3.27. The molecule has 2 aromatic rings. The maximum absolute atomic E-state index is 12.5. The van der Waals surface area contributed by atoms with Crippen molar-refractivity contribution in [2.75, 3.05) is 44.2 Å². The van der Waals surface area contributed by atoms with Gasteiger partial charge in [0.25, 0.3) is 0 Å². The Balaban J connectivity index is 1.25. The minimum atomic E-state index is 0.155. The Hall–Kier alpha value is -2.33. The molecule has 1 heterocycles. The van der Waals surface area contributed by atoms with Gasteiger partial charge in [-0.1, -0.05) is 42.5 Å². The largest absolute Gasteiger partial charge is 0.369 e. The average molecular weight is 378 g/mol. The molecule has 28 heavy (non-hydrogen) atoms. The SMILES string of the molecule is Cc1cccc(N2CCN(CC(=O)NCC3(c4ccccc4)CC3)CC2)c1C. The molecule has 2 aliphatic rings. The van der Waals surface area contributed by atoms with Gasteiger partial charge in [0.2, 0.25) is 5.91 Å². The average Bonchev–Trinajstić information content (AvgIpc) is 3.51. The van der Waals surface area contributed by atoms with E-state index in [9.17, 15) is 4.79 Å². The summed E-state index contributed by atoms with van der Waals surface area (Å²) in [4.78, 5) is 17.2. The first-order chi connectivity index (χ1) is 13.6. The zero-order chi connectivity index (χ0) is 19.6. The maximum Gasteiger partial charge on any atom is 0.234 e. The van der Waals surface area contributed by atoms with E-state index < -0.39 is 0 Å². The molecule has 0 bridgehead atoms. The van der Waals surface area contributed by atoms with Gasteiger partial charge in [0.05, 0.1) is 6.54 Å². The monoisotopic (exact) mass is 377 g/mol. The van der Waals surface area contributed by atoms with Crippen molar-refractivity contribution in [2.24, 2.45) is 0 Å². The number of benzene rings is 2. The van der Waals surface area contributed by atoms with E-state index in [1.54, 1.807) is 0 Å². The van der Waals surface area contributed by atoms with E-state index >= 15 is 0 Å². The number of anilines is 1. The molecule has 1 saturated heterocycles. The molecule has 2 aromatic carbocycles. The maximum atomic E-state index is 12.5. The lowest BCUT2D eigenvalue weighted by Crippen LogP contribution is -2.50. The van der Waals surface area contributed by atoms with Crippen LogP contribution in [0.15, 0.2) is 48.5 Å². The van der Waals surface area contributed by atoms with Crippen LogP contribution in [0.5, 0.6) is 0 Å². The van der Waals surface area contributed by atoms with Crippen LogP contribution >= 0.6 is 0 Å². The Morgan fingerprint density at radius 3 is 2.36 bits per heavy atom. The molecule has 2 fully saturated rings. The van der Waals surface area contributed by atoms with E-state index in [2.05, 4.69) is 77.5 Å². The first-order valence-electron chi connectivity index (χ1n) is 10.4. The summed E-state index contributed by atoms with van der Waals surface area (Å²) in [5, 5.41) is 3.20. The molecule has 1 amide bonds. The summed E-state index contributed by atoms with van der Waals surface area (Å²) in [7, 11) is 0. The standard InChI is InChI=1S/C24H31N3O/c1-19-7-6-10-22(20(19)2)27-15-13-26(14-16-27)17-23(28)25-18-24(11-12-24)21-8-4-3-5-9-21/h3-10H,11-18H2,1-2H3,(H,25,28). The number of nitrogens with zero attached hydrogens (tertiary/aromatic N) is 2. The van der Waals surface area contributed by atoms with E-state index in [-0.39, 0.29) is 11.3 Å². The zero-order valence-corrected chi connectivity index (χ0v) is 17.1. The lowest BCUT2D eigenvalue weighted by atomic mass is 9.96. The molecule has 4 nitrogen and oxygen atoms in total. The van der Waals surface area contributed by atoms with Crippen LogP contribution < -0.4 is 10.2 Å². The topological polar surface area (TPSA) is 35.6 Å². The van der Waals surface area contributed by atoms with Gasteiger partial charge >= 0.3 is 0 Å². The third-order valence-electron chi connectivity index (χ3n) is 6.52. The van der Waals surface area contributed by atoms with Crippen molar-refractivity contribution in [3.8, 4) is 0 Å². The number of carbonyl (C=O) groups excluding carboxylic acids is 1. The van der Waals surface area contributed by atoms with Crippen LogP contribution in [-0.2, 0) is 10.2 Å². The van der Waals surface area contributed by atoms with Gasteiger partial charge in [-0.15, -0.1) is 0 Å². The van der Waals surface area contributed by atoms with Gasteiger partial charge < -0.3 is 10.2 Å². The summed E-state index contributed by atoms with van der Waals surface area (Å²) in [6.07, 6.45) is 2.34. The highest BCUT2D eigenvalue weighted by Gasteiger charge is 2.44. The third-order valence-corrected chi connectivity index (χ3v) is 6.52. The van der Waals surface area contributed by atoms with Crippen LogP contribution in [0.25, 0.3) is 0 Å². The Morgan fingerprint density at radius 1 is 0.964 bits per heavy atom. The van der Waals surface area contributed by atoms with Gasteiger partial charge in [0, 0.05) is 43.8 Å². The van der Waals surface area contributed by atoms with Crippen molar-refractivity contribution >= 4 is 11.6 Å². The van der Waals surface area contributed by atoms with Gasteiger partial charge in [-0.3, -0.25) is 9.69 Å². The van der Waals surface area contributed by atoms with Crippen molar-refractivity contribution in [3.63, 3.8) is 0 Å². The van der Waals surface area contributed by atoms with Crippen LogP contribution in [0.3, 0.4) is 0 Å². The van der Waals surface area contributed by atoms with E-state index in [1.807, 2.05) is 0 Å². The lowest BCUT2D eigenvalue weighted by molar-refractivity contribution is -0.122. The summed E-state index contributed by atoms with van der Waals surface area (Å²) in [6.45, 7) is 9.46. The number of carbonyl (C=O) groups is 1. The van der Waals surface area contributed by atoms with Crippen LogP contribution in [0.1, 0.15) is 29.5 Å². The van der Waals surface area contributed by atoms with E-state index in [1.165, 1.54) is 35.2 Å². The summed E-state index contributed by atoms with van der Waals surface area (Å²) < 4.78 is 0. The predicted molar refractivity (Wildman–Crippen MR) is 115 cm³/mol. The fourth-order valence-electron chi connectivity index (χ4n) is 4.26. The molecule has 0 radical (unpaired) electrons. The molecule has 148 valence electrons. The highest BCUT2D eigenvalue weighted by molar-refractivity contribution is 5.78. The summed E-state index contributed by atoms with van der Waals surface area (Å²) in [5.41, 5.74) is 5.58. The molecule has 1 aliphatic heterocycles. The fourth-order valence-corrected chi connectivity index (χ4v) is 4.26. The molecule has 4 heteroatoms. The number of amides is 1. The minimum Gasteiger partial charge on any atom is -0.369 e. The highest BCUT2D eigenvalue weighted by Crippen LogP contribution is 2.47. The molecule has 1 N–H and O–H groups in total. The van der Waals surface area contributed by atoms with Crippen molar-refractivity contribution in [2.45, 2.75) is 32.1 Å². The Bertz CT molecular complexity index is 821. The summed E-state index contributed by atoms with van der Waals surface area (Å²) >= 11 is 0. The van der Waals surface area contributed by atoms with Crippen LogP contribution in [0, 0.1) is 13.8 Å². The summed E-state index contributed by atoms with van der Waals surface area (Å²) in [6, 6.07) is 17.1. The molecule has 0 aromatic heterocycles. The minimum absolute atomic E-state index is 0.155. The number of nitrogens with one attached hydrogen (secondary N) is 1. The van der Waals surface area contributed by atoms with Crippen LogP contribution in [0.2, 0.25) is 0 Å². The second-order valence-electron chi connectivity index (χ2n) is 8.41. The number of rotatable bonds is 6. The van der Waals surface area contributed by atoms with Crippen molar-refractivity contribution in [1.29, 1.82) is 0 Å². The van der Waals surface area contributed by atoms with Gasteiger partial charge in [0.15, 0.2) is 0 Å². The smallest absolute Gasteiger partial charge is 0.234 e. The number of piperazine rings is 1. The highest BCUT2D eigenvalue weighted by atomic mass is 16.2. The molecular formula is C24H31N3O. The molecule has 4 rings (SSSR count). The van der Waals surface area contributed by atoms with E-state index in [0.29, 0.717) is 6.54 Å². The van der Waals surface area contributed by atoms with Gasteiger partial charge in [-0.25, -0.2) is 0 Å². The van der Waals surface area contributed by atoms with Crippen LogP contribution in [-0.4, -0.2) is 50.1 Å². The Morgan fingerprint density at radius 2 is 1.68 bits per heavy atom. The third kappa shape index (κ3) is 4.07. The summed E-state index contributed by atoms with van der Waals surface area (Å²) in [5.74, 6) is 0.155. The molecule has 0 spiro atoms. The van der Waals surface area contributed by atoms with E-state index in [4.69, 9.17) is 0 Å². The quantitative estimate of drug-likeness (QED) is 0.839.